The minimum Gasteiger partial charge on any atom is -0.494 e. The second kappa shape index (κ2) is 8.56. The minimum absolute atomic E-state index is 0.00429. The van der Waals surface area contributed by atoms with Crippen LogP contribution in [0, 0.1) is 0 Å². The lowest BCUT2D eigenvalue weighted by atomic mass is 10.1. The maximum absolute atomic E-state index is 12.3. The Morgan fingerprint density at radius 2 is 2.04 bits per heavy atom. The van der Waals surface area contributed by atoms with Crippen LogP contribution in [0.4, 0.5) is 0 Å². The van der Waals surface area contributed by atoms with Gasteiger partial charge >= 0.3 is 0 Å². The molecule has 126 valence electrons. The fraction of sp³-hybridized carbons (Fsp3) is 0.556. The van der Waals surface area contributed by atoms with Gasteiger partial charge in [-0.25, -0.2) is 0 Å². The summed E-state index contributed by atoms with van der Waals surface area (Å²) in [5, 5.41) is 2.86. The summed E-state index contributed by atoms with van der Waals surface area (Å²) in [5.74, 6) is 0.550. The number of nitrogens with one attached hydrogen (secondary N) is 1. The zero-order chi connectivity index (χ0) is 16.7. The molecular weight excluding hydrogens is 292 g/mol. The first-order chi connectivity index (χ1) is 11.1. The Morgan fingerprint density at radius 3 is 2.74 bits per heavy atom. The van der Waals surface area contributed by atoms with E-state index >= 15 is 0 Å². The Morgan fingerprint density at radius 1 is 1.30 bits per heavy atom. The predicted molar refractivity (Wildman–Crippen MR) is 89.6 cm³/mol. The Hall–Kier alpha value is -2.04. The van der Waals surface area contributed by atoms with E-state index in [1.54, 1.807) is 36.2 Å². The number of benzene rings is 1. The molecule has 1 unspecified atom stereocenters. The Balaban J connectivity index is 1.93. The van der Waals surface area contributed by atoms with Crippen molar-refractivity contribution < 1.29 is 14.3 Å². The highest BCUT2D eigenvalue weighted by Gasteiger charge is 2.26. The Bertz CT molecular complexity index is 528. The number of amides is 2. The zero-order valence-electron chi connectivity index (χ0n) is 14.0. The van der Waals surface area contributed by atoms with Gasteiger partial charge in [0.05, 0.1) is 6.61 Å². The first-order valence-electron chi connectivity index (χ1n) is 8.40. The largest absolute Gasteiger partial charge is 0.494 e. The lowest BCUT2D eigenvalue weighted by Gasteiger charge is -2.20. The number of carbonyl (C=O) groups excluding carboxylic acids is 2. The average Bonchev–Trinajstić information content (AvgIpc) is 2.71. The van der Waals surface area contributed by atoms with Crippen LogP contribution in [0.3, 0.4) is 0 Å². The molecule has 1 aliphatic rings. The molecule has 0 spiro atoms. The van der Waals surface area contributed by atoms with E-state index in [2.05, 4.69) is 12.2 Å². The van der Waals surface area contributed by atoms with Crippen molar-refractivity contribution in [3.63, 3.8) is 0 Å². The van der Waals surface area contributed by atoms with E-state index in [4.69, 9.17) is 4.74 Å². The van der Waals surface area contributed by atoms with Crippen molar-refractivity contribution in [3.05, 3.63) is 29.8 Å². The first-order valence-corrected chi connectivity index (χ1v) is 8.40. The van der Waals surface area contributed by atoms with Gasteiger partial charge in [-0.2, -0.15) is 0 Å². The van der Waals surface area contributed by atoms with E-state index in [0.717, 1.165) is 38.0 Å². The van der Waals surface area contributed by atoms with E-state index in [1.807, 2.05) is 0 Å². The molecule has 2 rings (SSSR count). The van der Waals surface area contributed by atoms with Gasteiger partial charge in [0.15, 0.2) is 0 Å². The van der Waals surface area contributed by atoms with Gasteiger partial charge in [0, 0.05) is 19.2 Å². The molecule has 1 aliphatic heterocycles. The summed E-state index contributed by atoms with van der Waals surface area (Å²) in [6.07, 6.45) is 4.74. The molecule has 5 nitrogen and oxygen atoms in total. The molecule has 1 N–H and O–H groups in total. The van der Waals surface area contributed by atoms with Crippen LogP contribution in [-0.4, -0.2) is 43.0 Å². The van der Waals surface area contributed by atoms with Crippen LogP contribution >= 0.6 is 0 Å². The average molecular weight is 318 g/mol. The second-order valence-corrected chi connectivity index (χ2v) is 6.01. The molecule has 0 radical (unpaired) electrons. The molecule has 23 heavy (non-hydrogen) atoms. The maximum atomic E-state index is 12.3. The van der Waals surface area contributed by atoms with Crippen LogP contribution in [-0.2, 0) is 4.79 Å². The smallest absolute Gasteiger partial charge is 0.251 e. The van der Waals surface area contributed by atoms with E-state index in [-0.39, 0.29) is 11.8 Å². The monoisotopic (exact) mass is 318 g/mol. The molecule has 1 aromatic rings. The fourth-order valence-electron chi connectivity index (χ4n) is 2.61. The Labute approximate surface area is 138 Å². The van der Waals surface area contributed by atoms with Crippen molar-refractivity contribution in [1.29, 1.82) is 0 Å². The summed E-state index contributed by atoms with van der Waals surface area (Å²) < 4.78 is 5.59. The van der Waals surface area contributed by atoms with Crippen LogP contribution in [0.2, 0.25) is 0 Å². The highest BCUT2D eigenvalue weighted by atomic mass is 16.5. The molecule has 0 bridgehead atoms. The topological polar surface area (TPSA) is 58.6 Å². The van der Waals surface area contributed by atoms with Crippen LogP contribution in [0.25, 0.3) is 0 Å². The lowest BCUT2D eigenvalue weighted by Crippen LogP contribution is -2.46. The van der Waals surface area contributed by atoms with E-state index in [1.165, 1.54) is 0 Å². The van der Waals surface area contributed by atoms with E-state index in [9.17, 15) is 9.59 Å². The molecular formula is C18H26N2O3. The van der Waals surface area contributed by atoms with Gasteiger partial charge in [-0.15, -0.1) is 0 Å². The van der Waals surface area contributed by atoms with Crippen molar-refractivity contribution in [2.24, 2.45) is 0 Å². The summed E-state index contributed by atoms with van der Waals surface area (Å²) >= 11 is 0. The number of hydrogen-bond acceptors (Lipinski definition) is 3. The summed E-state index contributed by atoms with van der Waals surface area (Å²) in [6, 6.07) is 6.65. The van der Waals surface area contributed by atoms with Crippen molar-refractivity contribution in [2.45, 2.75) is 45.1 Å². The molecule has 1 saturated heterocycles. The molecule has 0 saturated carbocycles. The maximum Gasteiger partial charge on any atom is 0.251 e. The zero-order valence-corrected chi connectivity index (χ0v) is 14.0. The third kappa shape index (κ3) is 4.98. The third-order valence-electron chi connectivity index (χ3n) is 4.10. The lowest BCUT2D eigenvalue weighted by molar-refractivity contribution is -0.131. The van der Waals surface area contributed by atoms with Gasteiger partial charge in [-0.3, -0.25) is 9.59 Å². The third-order valence-corrected chi connectivity index (χ3v) is 4.10. The molecule has 1 atom stereocenters. The van der Waals surface area contributed by atoms with Gasteiger partial charge in [-0.1, -0.05) is 13.3 Å². The predicted octanol–water partition coefficient (Wildman–Crippen LogP) is 2.61. The van der Waals surface area contributed by atoms with Crippen molar-refractivity contribution >= 4 is 11.8 Å². The van der Waals surface area contributed by atoms with E-state index in [0.29, 0.717) is 18.6 Å². The molecule has 0 aliphatic carbocycles. The second-order valence-electron chi connectivity index (χ2n) is 6.01. The van der Waals surface area contributed by atoms with E-state index < -0.39 is 6.04 Å². The number of rotatable bonds is 6. The van der Waals surface area contributed by atoms with Crippen LogP contribution in [0.1, 0.15) is 49.4 Å². The summed E-state index contributed by atoms with van der Waals surface area (Å²) in [4.78, 5) is 26.2. The first kappa shape index (κ1) is 17.3. The number of likely N-dealkylation sites (tertiary alicyclic amines) is 1. The molecule has 1 heterocycles. The Kier molecular flexibility index (Phi) is 6.44. The van der Waals surface area contributed by atoms with Gasteiger partial charge in [0.2, 0.25) is 5.91 Å². The van der Waals surface area contributed by atoms with Gasteiger partial charge in [0.25, 0.3) is 5.91 Å². The van der Waals surface area contributed by atoms with Crippen molar-refractivity contribution in [1.82, 2.24) is 10.2 Å². The van der Waals surface area contributed by atoms with Crippen LogP contribution in [0.15, 0.2) is 24.3 Å². The number of carbonyl (C=O) groups is 2. The molecule has 2 amide bonds. The summed E-state index contributed by atoms with van der Waals surface area (Å²) in [5.41, 5.74) is 0.549. The summed E-state index contributed by atoms with van der Waals surface area (Å²) in [6.45, 7) is 3.56. The van der Waals surface area contributed by atoms with Crippen LogP contribution < -0.4 is 10.1 Å². The van der Waals surface area contributed by atoms with Crippen molar-refractivity contribution in [3.8, 4) is 5.75 Å². The number of likely N-dealkylation sites (N-methyl/N-ethyl adjacent to an activating group) is 1. The van der Waals surface area contributed by atoms with Crippen molar-refractivity contribution in [2.75, 3.05) is 20.2 Å². The quantitative estimate of drug-likeness (QED) is 0.820. The number of ether oxygens (including phenoxy) is 1. The van der Waals surface area contributed by atoms with Gasteiger partial charge < -0.3 is 15.0 Å². The number of hydrogen-bond donors (Lipinski definition) is 1. The summed E-state index contributed by atoms with van der Waals surface area (Å²) in [7, 11) is 1.79. The number of unbranched alkanes of at least 4 members (excludes halogenated alkanes) is 1. The minimum atomic E-state index is -0.421. The van der Waals surface area contributed by atoms with Crippen LogP contribution in [0.5, 0.6) is 5.75 Å². The standard InChI is InChI=1S/C18H26N2O3/c1-3-4-13-23-15-10-8-14(9-11-15)17(21)19-16-7-5-6-12-20(2)18(16)22/h8-11,16H,3-7,12-13H2,1-2H3,(H,19,21). The molecule has 5 heteroatoms. The molecule has 1 fully saturated rings. The fourth-order valence-corrected chi connectivity index (χ4v) is 2.61. The highest BCUT2D eigenvalue weighted by molar-refractivity contribution is 5.97. The molecule has 1 aromatic carbocycles. The number of nitrogens with zero attached hydrogens (tertiary/aromatic N) is 1. The SMILES string of the molecule is CCCCOc1ccc(C(=O)NC2CCCCN(C)C2=O)cc1. The van der Waals surface area contributed by atoms with Gasteiger partial charge in [0.1, 0.15) is 11.8 Å². The molecule has 0 aromatic heterocycles. The highest BCUT2D eigenvalue weighted by Crippen LogP contribution is 2.15. The van der Waals surface area contributed by atoms with Gasteiger partial charge in [-0.05, 0) is 49.9 Å². The normalized spacial score (nSPS) is 18.4.